The van der Waals surface area contributed by atoms with Gasteiger partial charge in [-0.15, -0.1) is 0 Å². The molecule has 1 aliphatic heterocycles. The molecule has 0 spiro atoms. The lowest BCUT2D eigenvalue weighted by Gasteiger charge is -2.30. The molecule has 2 unspecified atom stereocenters. The quantitative estimate of drug-likeness (QED) is 0.870. The molecule has 98 valence electrons. The molecule has 1 fully saturated rings. The first kappa shape index (κ1) is 12.4. The average Bonchev–Trinajstić information content (AvgIpc) is 2.49. The molecule has 2 aromatic rings. The van der Waals surface area contributed by atoms with Crippen molar-refractivity contribution < 1.29 is 0 Å². The van der Waals surface area contributed by atoms with Gasteiger partial charge < -0.3 is 5.32 Å². The highest BCUT2D eigenvalue weighted by Crippen LogP contribution is 2.29. The molecule has 0 aliphatic carbocycles. The zero-order chi connectivity index (χ0) is 12.9. The predicted octanol–water partition coefficient (Wildman–Crippen LogP) is 3.97. The van der Waals surface area contributed by atoms with Crippen LogP contribution in [0.3, 0.4) is 0 Å². The fraction of sp³-hybridized carbons (Fsp3) is 0.333. The van der Waals surface area contributed by atoms with Crippen LogP contribution in [0.15, 0.2) is 60.7 Å². The summed E-state index contributed by atoms with van der Waals surface area (Å²) in [7, 11) is 0. The second-order valence-electron chi connectivity index (χ2n) is 5.50. The van der Waals surface area contributed by atoms with Crippen molar-refractivity contribution in [3.05, 3.63) is 71.8 Å². The molecule has 1 saturated heterocycles. The summed E-state index contributed by atoms with van der Waals surface area (Å²) in [5, 5.41) is 3.65. The summed E-state index contributed by atoms with van der Waals surface area (Å²) in [6.07, 6.45) is 3.75. The lowest BCUT2D eigenvalue weighted by molar-refractivity contribution is 0.304. The van der Waals surface area contributed by atoms with E-state index in [1.54, 1.807) is 0 Å². The standard InChI is InChI=1S/C18H21N/c1-3-7-15(8-4-1)13-16-11-12-19-18(14-16)17-9-5-2-6-10-17/h1-10,16,18-19H,11-14H2. The summed E-state index contributed by atoms with van der Waals surface area (Å²) < 4.78 is 0. The van der Waals surface area contributed by atoms with Gasteiger partial charge in [0, 0.05) is 6.04 Å². The Labute approximate surface area is 115 Å². The molecule has 19 heavy (non-hydrogen) atoms. The Morgan fingerprint density at radius 2 is 1.58 bits per heavy atom. The SMILES string of the molecule is c1ccc(CC2CCNC(c3ccccc3)C2)cc1. The Balaban J connectivity index is 1.65. The molecule has 0 bridgehead atoms. The molecular weight excluding hydrogens is 230 g/mol. The fourth-order valence-corrected chi connectivity index (χ4v) is 3.07. The minimum absolute atomic E-state index is 0.531. The second kappa shape index (κ2) is 6.03. The maximum atomic E-state index is 3.65. The van der Waals surface area contributed by atoms with Crippen molar-refractivity contribution in [2.45, 2.75) is 25.3 Å². The van der Waals surface area contributed by atoms with E-state index in [1.807, 2.05) is 0 Å². The third-order valence-electron chi connectivity index (χ3n) is 4.08. The van der Waals surface area contributed by atoms with Crippen LogP contribution in [-0.4, -0.2) is 6.54 Å². The Bertz CT molecular complexity index is 492. The van der Waals surface area contributed by atoms with E-state index in [0.29, 0.717) is 6.04 Å². The molecule has 2 aromatic carbocycles. The summed E-state index contributed by atoms with van der Waals surface area (Å²) in [4.78, 5) is 0. The third kappa shape index (κ3) is 3.24. The van der Waals surface area contributed by atoms with Gasteiger partial charge in [0.15, 0.2) is 0 Å². The molecule has 0 saturated carbocycles. The van der Waals surface area contributed by atoms with E-state index in [-0.39, 0.29) is 0 Å². The Morgan fingerprint density at radius 3 is 2.32 bits per heavy atom. The van der Waals surface area contributed by atoms with Crippen LogP contribution in [0, 0.1) is 5.92 Å². The number of hydrogen-bond acceptors (Lipinski definition) is 1. The number of benzene rings is 2. The van der Waals surface area contributed by atoms with Gasteiger partial charge in [-0.05, 0) is 42.9 Å². The monoisotopic (exact) mass is 251 g/mol. The van der Waals surface area contributed by atoms with Gasteiger partial charge in [0.05, 0.1) is 0 Å². The first-order chi connectivity index (χ1) is 9.42. The highest BCUT2D eigenvalue weighted by atomic mass is 14.9. The van der Waals surface area contributed by atoms with E-state index in [0.717, 1.165) is 12.5 Å². The van der Waals surface area contributed by atoms with E-state index in [1.165, 1.54) is 30.4 Å². The van der Waals surface area contributed by atoms with Crippen molar-refractivity contribution in [2.75, 3.05) is 6.54 Å². The van der Waals surface area contributed by atoms with Crippen molar-refractivity contribution in [2.24, 2.45) is 5.92 Å². The number of nitrogens with one attached hydrogen (secondary N) is 1. The molecular formula is C18H21N. The van der Waals surface area contributed by atoms with E-state index < -0.39 is 0 Å². The molecule has 2 atom stereocenters. The highest BCUT2D eigenvalue weighted by Gasteiger charge is 2.22. The largest absolute Gasteiger partial charge is 0.310 e. The first-order valence-corrected chi connectivity index (χ1v) is 7.24. The van der Waals surface area contributed by atoms with Crippen LogP contribution in [0.25, 0.3) is 0 Å². The molecule has 1 heteroatoms. The van der Waals surface area contributed by atoms with Gasteiger partial charge in [-0.25, -0.2) is 0 Å². The normalized spacial score (nSPS) is 23.2. The van der Waals surface area contributed by atoms with Crippen LogP contribution in [0.4, 0.5) is 0 Å². The van der Waals surface area contributed by atoms with Crippen LogP contribution >= 0.6 is 0 Å². The van der Waals surface area contributed by atoms with Gasteiger partial charge in [0.1, 0.15) is 0 Å². The lowest BCUT2D eigenvalue weighted by atomic mass is 9.85. The first-order valence-electron chi connectivity index (χ1n) is 7.24. The van der Waals surface area contributed by atoms with Gasteiger partial charge in [0.25, 0.3) is 0 Å². The zero-order valence-corrected chi connectivity index (χ0v) is 11.3. The van der Waals surface area contributed by atoms with E-state index >= 15 is 0 Å². The summed E-state index contributed by atoms with van der Waals surface area (Å²) >= 11 is 0. The molecule has 3 rings (SSSR count). The van der Waals surface area contributed by atoms with Crippen molar-refractivity contribution in [1.82, 2.24) is 5.32 Å². The van der Waals surface area contributed by atoms with Crippen LogP contribution in [0.2, 0.25) is 0 Å². The third-order valence-corrected chi connectivity index (χ3v) is 4.08. The van der Waals surface area contributed by atoms with Crippen molar-refractivity contribution in [3.8, 4) is 0 Å². The number of rotatable bonds is 3. The maximum Gasteiger partial charge on any atom is 0.0323 e. The fourth-order valence-electron chi connectivity index (χ4n) is 3.07. The lowest BCUT2D eigenvalue weighted by Crippen LogP contribution is -2.32. The van der Waals surface area contributed by atoms with E-state index in [9.17, 15) is 0 Å². The predicted molar refractivity (Wildman–Crippen MR) is 80.1 cm³/mol. The summed E-state index contributed by atoms with van der Waals surface area (Å²) in [6, 6.07) is 22.3. The summed E-state index contributed by atoms with van der Waals surface area (Å²) in [6.45, 7) is 1.14. The Kier molecular flexibility index (Phi) is 3.95. The van der Waals surface area contributed by atoms with Crippen LogP contribution < -0.4 is 5.32 Å². The van der Waals surface area contributed by atoms with Gasteiger partial charge >= 0.3 is 0 Å². The molecule has 0 radical (unpaired) electrons. The topological polar surface area (TPSA) is 12.0 Å². The van der Waals surface area contributed by atoms with Crippen molar-refractivity contribution in [3.63, 3.8) is 0 Å². The highest BCUT2D eigenvalue weighted by molar-refractivity contribution is 5.20. The molecule has 1 N–H and O–H groups in total. The van der Waals surface area contributed by atoms with Gasteiger partial charge in [-0.3, -0.25) is 0 Å². The van der Waals surface area contributed by atoms with E-state index in [2.05, 4.69) is 66.0 Å². The maximum absolute atomic E-state index is 3.65. The molecule has 0 amide bonds. The van der Waals surface area contributed by atoms with Crippen molar-refractivity contribution >= 4 is 0 Å². The second-order valence-corrected chi connectivity index (χ2v) is 5.50. The van der Waals surface area contributed by atoms with Crippen molar-refractivity contribution in [1.29, 1.82) is 0 Å². The Morgan fingerprint density at radius 1 is 0.895 bits per heavy atom. The summed E-state index contributed by atoms with van der Waals surface area (Å²) in [5.74, 6) is 0.800. The molecule has 1 nitrogen and oxygen atoms in total. The minimum atomic E-state index is 0.531. The molecule has 1 aliphatic rings. The van der Waals surface area contributed by atoms with Gasteiger partial charge in [-0.2, -0.15) is 0 Å². The number of hydrogen-bond donors (Lipinski definition) is 1. The van der Waals surface area contributed by atoms with Crippen LogP contribution in [-0.2, 0) is 6.42 Å². The Hall–Kier alpha value is -1.60. The average molecular weight is 251 g/mol. The van der Waals surface area contributed by atoms with Gasteiger partial charge in [0.2, 0.25) is 0 Å². The van der Waals surface area contributed by atoms with Crippen LogP contribution in [0.1, 0.15) is 30.0 Å². The summed E-state index contributed by atoms with van der Waals surface area (Å²) in [5.41, 5.74) is 2.90. The van der Waals surface area contributed by atoms with Crippen LogP contribution in [0.5, 0.6) is 0 Å². The van der Waals surface area contributed by atoms with E-state index in [4.69, 9.17) is 0 Å². The van der Waals surface area contributed by atoms with Gasteiger partial charge in [-0.1, -0.05) is 60.7 Å². The number of piperidine rings is 1. The zero-order valence-electron chi connectivity index (χ0n) is 11.3. The molecule has 0 aromatic heterocycles. The smallest absolute Gasteiger partial charge is 0.0323 e. The minimum Gasteiger partial charge on any atom is -0.310 e. The molecule has 1 heterocycles.